The van der Waals surface area contributed by atoms with E-state index in [1.807, 2.05) is 18.2 Å². The summed E-state index contributed by atoms with van der Waals surface area (Å²) in [5.41, 5.74) is 1.79. The van der Waals surface area contributed by atoms with Gasteiger partial charge in [0.2, 0.25) is 5.91 Å². The molecule has 8 heteroatoms. The number of aromatic amines is 1. The molecule has 0 saturated carbocycles. The number of anilines is 1. The molecule has 3 N–H and O–H groups in total. The topological polar surface area (TPSA) is 91.9 Å². The van der Waals surface area contributed by atoms with E-state index in [0.29, 0.717) is 6.61 Å². The average Bonchev–Trinajstić information content (AvgIpc) is 2.96. The van der Waals surface area contributed by atoms with Crippen molar-refractivity contribution < 1.29 is 9.53 Å². The van der Waals surface area contributed by atoms with Gasteiger partial charge in [0, 0.05) is 12.8 Å². The predicted octanol–water partition coefficient (Wildman–Crippen LogP) is 1.33. The fourth-order valence-electron chi connectivity index (χ4n) is 2.80. The number of aromatic nitrogens is 3. The van der Waals surface area contributed by atoms with Crippen molar-refractivity contribution in [1.29, 1.82) is 0 Å². The van der Waals surface area contributed by atoms with Gasteiger partial charge in [-0.15, -0.1) is 12.4 Å². The number of hydrogen-bond acceptors (Lipinski definition) is 5. The summed E-state index contributed by atoms with van der Waals surface area (Å²) in [6, 6.07) is 5.49. The third-order valence-corrected chi connectivity index (χ3v) is 4.04. The number of nitrogens with one attached hydrogen (secondary N) is 3. The minimum atomic E-state index is -0.460. The maximum Gasteiger partial charge on any atom is 0.233 e. The highest BCUT2D eigenvalue weighted by Crippen LogP contribution is 2.31. The van der Waals surface area contributed by atoms with Crippen LogP contribution in [0.25, 0.3) is 11.0 Å². The van der Waals surface area contributed by atoms with Crippen LogP contribution >= 0.6 is 12.4 Å². The van der Waals surface area contributed by atoms with Crippen molar-refractivity contribution in [3.8, 4) is 0 Å². The largest absolute Gasteiger partial charge is 0.384 e. The predicted molar refractivity (Wildman–Crippen MR) is 86.2 cm³/mol. The number of fused-ring (bicyclic) bond motifs is 1. The summed E-state index contributed by atoms with van der Waals surface area (Å²) in [6.45, 7) is 2.10. The molecule has 22 heavy (non-hydrogen) atoms. The summed E-state index contributed by atoms with van der Waals surface area (Å²) in [6.07, 6.45) is 1.55. The van der Waals surface area contributed by atoms with Gasteiger partial charge in [0.15, 0.2) is 0 Å². The lowest BCUT2D eigenvalue weighted by atomic mass is 9.78. The van der Waals surface area contributed by atoms with E-state index in [-0.39, 0.29) is 18.3 Å². The number of carbonyl (C=O) groups is 1. The van der Waals surface area contributed by atoms with E-state index in [1.54, 1.807) is 7.11 Å². The molecule has 7 nitrogen and oxygen atoms in total. The number of carbonyl (C=O) groups excluding carboxylic acids is 1. The van der Waals surface area contributed by atoms with E-state index in [2.05, 4.69) is 26.0 Å². The van der Waals surface area contributed by atoms with Gasteiger partial charge in [-0.25, -0.2) is 0 Å². The summed E-state index contributed by atoms with van der Waals surface area (Å²) in [7, 11) is 1.64. The van der Waals surface area contributed by atoms with Gasteiger partial charge in [0.1, 0.15) is 11.0 Å². The highest BCUT2D eigenvalue weighted by atomic mass is 35.5. The van der Waals surface area contributed by atoms with Crippen molar-refractivity contribution in [3.05, 3.63) is 18.2 Å². The molecule has 1 saturated heterocycles. The zero-order chi connectivity index (χ0) is 14.7. The molecule has 1 aromatic carbocycles. The molecule has 0 aliphatic carbocycles. The van der Waals surface area contributed by atoms with Gasteiger partial charge in [0.05, 0.1) is 12.0 Å². The molecule has 0 bridgehead atoms. The molecule has 1 aliphatic heterocycles. The van der Waals surface area contributed by atoms with E-state index in [1.165, 1.54) is 0 Å². The van der Waals surface area contributed by atoms with Gasteiger partial charge in [-0.1, -0.05) is 0 Å². The molecule has 120 valence electrons. The minimum Gasteiger partial charge on any atom is -0.384 e. The van der Waals surface area contributed by atoms with Crippen LogP contribution in [-0.2, 0) is 9.53 Å². The van der Waals surface area contributed by atoms with Gasteiger partial charge in [-0.05, 0) is 44.1 Å². The van der Waals surface area contributed by atoms with Crippen LogP contribution in [0.3, 0.4) is 0 Å². The van der Waals surface area contributed by atoms with Crippen molar-refractivity contribution in [3.63, 3.8) is 0 Å². The number of rotatable bonds is 4. The Morgan fingerprint density at radius 1 is 1.32 bits per heavy atom. The number of hydrogen-bond donors (Lipinski definition) is 3. The van der Waals surface area contributed by atoms with Crippen LogP contribution in [0.1, 0.15) is 12.8 Å². The molecule has 1 aromatic heterocycles. The Bertz CT molecular complexity index is 633. The maximum absolute atomic E-state index is 12.7. The lowest BCUT2D eigenvalue weighted by molar-refractivity contribution is -0.130. The van der Waals surface area contributed by atoms with Crippen LogP contribution in [0, 0.1) is 5.41 Å². The normalized spacial score (nSPS) is 17.0. The molecule has 1 amide bonds. The quantitative estimate of drug-likeness (QED) is 0.789. The number of nitrogens with zero attached hydrogens (tertiary/aromatic N) is 2. The number of piperidine rings is 1. The molecule has 2 heterocycles. The lowest BCUT2D eigenvalue weighted by Crippen LogP contribution is -2.47. The highest BCUT2D eigenvalue weighted by molar-refractivity contribution is 5.97. The number of amides is 1. The molecule has 2 aromatic rings. The van der Waals surface area contributed by atoms with Crippen molar-refractivity contribution in [2.24, 2.45) is 5.41 Å². The first kappa shape index (κ1) is 16.7. The molecule has 0 radical (unpaired) electrons. The van der Waals surface area contributed by atoms with Crippen LogP contribution in [-0.4, -0.2) is 48.1 Å². The van der Waals surface area contributed by atoms with Crippen molar-refractivity contribution in [2.75, 3.05) is 32.1 Å². The molecule has 0 spiro atoms. The third kappa shape index (κ3) is 3.21. The van der Waals surface area contributed by atoms with E-state index < -0.39 is 5.41 Å². The number of ether oxygens (including phenoxy) is 1. The zero-order valence-corrected chi connectivity index (χ0v) is 13.2. The molecule has 1 fully saturated rings. The first-order chi connectivity index (χ1) is 10.2. The Morgan fingerprint density at radius 3 is 2.77 bits per heavy atom. The Hall–Kier alpha value is -1.70. The maximum atomic E-state index is 12.7. The number of H-pyrrole nitrogens is 1. The van der Waals surface area contributed by atoms with Crippen molar-refractivity contribution >= 4 is 35.0 Å². The highest BCUT2D eigenvalue weighted by Gasteiger charge is 2.39. The molecular formula is C14H20ClN5O2. The van der Waals surface area contributed by atoms with Crippen LogP contribution in [0.5, 0.6) is 0 Å². The molecule has 0 atom stereocenters. The number of halogens is 1. The fraction of sp³-hybridized carbons (Fsp3) is 0.500. The Labute approximate surface area is 134 Å². The number of benzene rings is 1. The fourth-order valence-corrected chi connectivity index (χ4v) is 2.80. The zero-order valence-electron chi connectivity index (χ0n) is 12.4. The molecular weight excluding hydrogens is 306 g/mol. The van der Waals surface area contributed by atoms with Crippen LogP contribution in [0.15, 0.2) is 18.2 Å². The van der Waals surface area contributed by atoms with Gasteiger partial charge >= 0.3 is 0 Å². The van der Waals surface area contributed by atoms with Gasteiger partial charge < -0.3 is 15.4 Å². The van der Waals surface area contributed by atoms with Crippen molar-refractivity contribution in [2.45, 2.75) is 12.8 Å². The van der Waals surface area contributed by atoms with E-state index >= 15 is 0 Å². The lowest BCUT2D eigenvalue weighted by Gasteiger charge is -2.35. The second-order valence-corrected chi connectivity index (χ2v) is 5.44. The monoisotopic (exact) mass is 325 g/mol. The van der Waals surface area contributed by atoms with E-state index in [0.717, 1.165) is 42.7 Å². The van der Waals surface area contributed by atoms with Crippen LogP contribution in [0.4, 0.5) is 5.69 Å². The molecule has 0 unspecified atom stereocenters. The van der Waals surface area contributed by atoms with Gasteiger partial charge in [-0.3, -0.25) is 4.79 Å². The summed E-state index contributed by atoms with van der Waals surface area (Å²) in [5.74, 6) is 0.00805. The minimum absolute atomic E-state index is 0. The molecule has 3 rings (SSSR count). The summed E-state index contributed by atoms with van der Waals surface area (Å²) < 4.78 is 5.29. The summed E-state index contributed by atoms with van der Waals surface area (Å²) in [4.78, 5) is 12.7. The summed E-state index contributed by atoms with van der Waals surface area (Å²) in [5, 5.41) is 16.9. The second-order valence-electron chi connectivity index (χ2n) is 5.44. The van der Waals surface area contributed by atoms with E-state index in [9.17, 15) is 4.79 Å². The first-order valence-corrected chi connectivity index (χ1v) is 7.05. The van der Waals surface area contributed by atoms with E-state index in [4.69, 9.17) is 4.74 Å². The Kier molecular flexibility index (Phi) is 5.33. The van der Waals surface area contributed by atoms with Gasteiger partial charge in [-0.2, -0.15) is 15.4 Å². The number of methoxy groups -OCH3 is 1. The smallest absolute Gasteiger partial charge is 0.233 e. The second kappa shape index (κ2) is 7.04. The Balaban J connectivity index is 0.00000176. The SMILES string of the molecule is COCC1(C(=O)Nc2ccc3n[nH]nc3c2)CCNCC1.Cl. The Morgan fingerprint density at radius 2 is 2.05 bits per heavy atom. The summed E-state index contributed by atoms with van der Waals surface area (Å²) >= 11 is 0. The first-order valence-electron chi connectivity index (χ1n) is 7.05. The van der Waals surface area contributed by atoms with Crippen LogP contribution in [0.2, 0.25) is 0 Å². The third-order valence-electron chi connectivity index (χ3n) is 4.04. The standard InChI is InChI=1S/C14H19N5O2.ClH/c1-21-9-14(4-6-15-7-5-14)13(20)16-10-2-3-11-12(8-10)18-19-17-11;/h2-3,8,15H,4-7,9H2,1H3,(H,16,20)(H,17,18,19);1H. The van der Waals surface area contributed by atoms with Gasteiger partial charge in [0.25, 0.3) is 0 Å². The van der Waals surface area contributed by atoms with Crippen LogP contribution < -0.4 is 10.6 Å². The molecule has 1 aliphatic rings. The average molecular weight is 326 g/mol. The van der Waals surface area contributed by atoms with Crippen molar-refractivity contribution in [1.82, 2.24) is 20.7 Å².